The number of rotatable bonds is 5. The standard InChI is InChI=1S/C16H19N5O4/c1-10-7-12(16(22)25-2)14(21(23)24)15(19-10)17-8-11-9-18-20-6-4-3-5-13(11)20/h7,9H,3-6,8H2,1-2H3,(H,17,19). The largest absolute Gasteiger partial charge is 0.465 e. The van der Waals surface area contributed by atoms with E-state index in [-0.39, 0.29) is 17.1 Å². The fourth-order valence-electron chi connectivity index (χ4n) is 3.05. The van der Waals surface area contributed by atoms with Crippen LogP contribution in [0.1, 0.15) is 40.2 Å². The minimum atomic E-state index is -0.761. The summed E-state index contributed by atoms with van der Waals surface area (Å²) in [6.45, 7) is 2.92. The van der Waals surface area contributed by atoms with Crippen molar-refractivity contribution in [2.24, 2.45) is 0 Å². The number of aryl methyl sites for hydroxylation is 2. The number of esters is 1. The molecule has 0 unspecified atom stereocenters. The third kappa shape index (κ3) is 3.30. The highest BCUT2D eigenvalue weighted by atomic mass is 16.6. The molecule has 1 N–H and O–H groups in total. The molecule has 0 bridgehead atoms. The number of nitrogens with one attached hydrogen (secondary N) is 1. The van der Waals surface area contributed by atoms with Gasteiger partial charge >= 0.3 is 11.7 Å². The quantitative estimate of drug-likeness (QED) is 0.502. The Kier molecular flexibility index (Phi) is 4.64. The van der Waals surface area contributed by atoms with Gasteiger partial charge in [-0.1, -0.05) is 0 Å². The van der Waals surface area contributed by atoms with Crippen molar-refractivity contribution in [2.45, 2.75) is 39.3 Å². The van der Waals surface area contributed by atoms with Crippen molar-refractivity contribution in [2.75, 3.05) is 12.4 Å². The molecule has 0 aliphatic carbocycles. The molecule has 2 aromatic heterocycles. The number of methoxy groups -OCH3 is 1. The van der Waals surface area contributed by atoms with Crippen LogP contribution in [0.2, 0.25) is 0 Å². The van der Waals surface area contributed by atoms with Gasteiger partial charge < -0.3 is 10.1 Å². The Labute approximate surface area is 144 Å². The SMILES string of the molecule is COC(=O)c1cc(C)nc(NCc2cnn3c2CCCC3)c1[N+](=O)[O-]. The van der Waals surface area contributed by atoms with Crippen LogP contribution < -0.4 is 5.32 Å². The zero-order chi connectivity index (χ0) is 18.0. The van der Waals surface area contributed by atoms with Gasteiger partial charge in [0, 0.05) is 30.0 Å². The Balaban J connectivity index is 1.92. The summed E-state index contributed by atoms with van der Waals surface area (Å²) in [5, 5.41) is 18.8. The van der Waals surface area contributed by atoms with Crippen molar-refractivity contribution in [1.29, 1.82) is 0 Å². The Bertz CT molecular complexity index is 830. The van der Waals surface area contributed by atoms with Crippen molar-refractivity contribution in [1.82, 2.24) is 14.8 Å². The van der Waals surface area contributed by atoms with E-state index in [0.717, 1.165) is 37.1 Å². The van der Waals surface area contributed by atoms with Crippen LogP contribution >= 0.6 is 0 Å². The van der Waals surface area contributed by atoms with Gasteiger partial charge in [0.05, 0.1) is 18.2 Å². The highest BCUT2D eigenvalue weighted by molar-refractivity contribution is 5.96. The minimum absolute atomic E-state index is 0.0566. The normalized spacial score (nSPS) is 13.2. The molecule has 1 aliphatic heterocycles. The molecule has 0 atom stereocenters. The molecule has 1 aliphatic rings. The highest BCUT2D eigenvalue weighted by Crippen LogP contribution is 2.29. The molecule has 3 rings (SSSR count). The van der Waals surface area contributed by atoms with Crippen molar-refractivity contribution >= 4 is 17.5 Å². The fraction of sp³-hybridized carbons (Fsp3) is 0.438. The second-order valence-electron chi connectivity index (χ2n) is 5.91. The van der Waals surface area contributed by atoms with Gasteiger partial charge in [-0.15, -0.1) is 0 Å². The molecule has 2 aromatic rings. The lowest BCUT2D eigenvalue weighted by Gasteiger charge is -2.15. The molecule has 0 spiro atoms. The van der Waals surface area contributed by atoms with Crippen LogP contribution in [-0.4, -0.2) is 32.8 Å². The number of nitro groups is 1. The molecule has 0 amide bonds. The van der Waals surface area contributed by atoms with Crippen LogP contribution in [-0.2, 0) is 24.2 Å². The van der Waals surface area contributed by atoms with E-state index in [1.165, 1.54) is 13.2 Å². The van der Waals surface area contributed by atoms with Gasteiger partial charge in [0.15, 0.2) is 0 Å². The Morgan fingerprint density at radius 1 is 1.48 bits per heavy atom. The maximum absolute atomic E-state index is 11.9. The first-order chi connectivity index (χ1) is 12.0. The molecule has 0 aromatic carbocycles. The third-order valence-corrected chi connectivity index (χ3v) is 4.22. The molecular formula is C16H19N5O4. The van der Waals surface area contributed by atoms with E-state index in [0.29, 0.717) is 12.2 Å². The van der Waals surface area contributed by atoms with Crippen molar-refractivity contribution in [3.63, 3.8) is 0 Å². The summed E-state index contributed by atoms with van der Waals surface area (Å²) in [6.07, 6.45) is 4.92. The van der Waals surface area contributed by atoms with Gasteiger partial charge in [0.1, 0.15) is 5.56 Å². The van der Waals surface area contributed by atoms with Gasteiger partial charge in [-0.2, -0.15) is 5.10 Å². The van der Waals surface area contributed by atoms with Gasteiger partial charge in [0.25, 0.3) is 0 Å². The zero-order valence-corrected chi connectivity index (χ0v) is 14.1. The molecule has 9 nitrogen and oxygen atoms in total. The number of pyridine rings is 1. The number of carbonyl (C=O) groups excluding carboxylic acids is 1. The summed E-state index contributed by atoms with van der Waals surface area (Å²) in [5.41, 5.74) is 2.13. The molecule has 0 fully saturated rings. The summed E-state index contributed by atoms with van der Waals surface area (Å²) in [5.74, 6) is -0.704. The van der Waals surface area contributed by atoms with Crippen molar-refractivity contribution < 1.29 is 14.5 Å². The molecule has 3 heterocycles. The van der Waals surface area contributed by atoms with E-state index < -0.39 is 10.9 Å². The molecule has 0 radical (unpaired) electrons. The second-order valence-corrected chi connectivity index (χ2v) is 5.91. The fourth-order valence-corrected chi connectivity index (χ4v) is 3.05. The topological polar surface area (TPSA) is 112 Å². The zero-order valence-electron chi connectivity index (χ0n) is 14.1. The van der Waals surface area contributed by atoms with E-state index in [1.807, 2.05) is 4.68 Å². The molecule has 132 valence electrons. The Morgan fingerprint density at radius 2 is 2.28 bits per heavy atom. The predicted molar refractivity (Wildman–Crippen MR) is 89.5 cm³/mol. The van der Waals surface area contributed by atoms with E-state index in [9.17, 15) is 14.9 Å². The average molecular weight is 345 g/mol. The Morgan fingerprint density at radius 3 is 3.00 bits per heavy atom. The number of aromatic nitrogens is 3. The highest BCUT2D eigenvalue weighted by Gasteiger charge is 2.28. The lowest BCUT2D eigenvalue weighted by atomic mass is 10.1. The molecular weight excluding hydrogens is 326 g/mol. The monoisotopic (exact) mass is 345 g/mol. The summed E-state index contributed by atoms with van der Waals surface area (Å²) < 4.78 is 6.62. The van der Waals surface area contributed by atoms with E-state index in [1.54, 1.807) is 13.1 Å². The summed E-state index contributed by atoms with van der Waals surface area (Å²) >= 11 is 0. The first-order valence-electron chi connectivity index (χ1n) is 8.03. The minimum Gasteiger partial charge on any atom is -0.465 e. The maximum Gasteiger partial charge on any atom is 0.345 e. The van der Waals surface area contributed by atoms with E-state index in [2.05, 4.69) is 20.1 Å². The number of anilines is 1. The smallest absolute Gasteiger partial charge is 0.345 e. The third-order valence-electron chi connectivity index (χ3n) is 4.22. The lowest BCUT2D eigenvalue weighted by molar-refractivity contribution is -0.384. The second kappa shape index (κ2) is 6.88. The van der Waals surface area contributed by atoms with Gasteiger partial charge in [-0.3, -0.25) is 14.8 Å². The molecule has 9 heteroatoms. The molecule has 0 saturated heterocycles. The number of nitrogens with zero attached hydrogens (tertiary/aromatic N) is 4. The van der Waals surface area contributed by atoms with Crippen LogP contribution in [0.25, 0.3) is 0 Å². The predicted octanol–water partition coefficient (Wildman–Crippen LogP) is 2.23. The van der Waals surface area contributed by atoms with Gasteiger partial charge in [-0.25, -0.2) is 9.78 Å². The van der Waals surface area contributed by atoms with E-state index in [4.69, 9.17) is 0 Å². The Hall–Kier alpha value is -2.97. The van der Waals surface area contributed by atoms with Gasteiger partial charge in [0.2, 0.25) is 5.82 Å². The number of carbonyl (C=O) groups is 1. The van der Waals surface area contributed by atoms with Crippen LogP contribution in [0.15, 0.2) is 12.3 Å². The van der Waals surface area contributed by atoms with Gasteiger partial charge in [-0.05, 0) is 32.3 Å². The first kappa shape index (κ1) is 16.9. The number of fused-ring (bicyclic) bond motifs is 1. The van der Waals surface area contributed by atoms with E-state index >= 15 is 0 Å². The molecule has 0 saturated carbocycles. The van der Waals surface area contributed by atoms with Crippen molar-refractivity contribution in [3.8, 4) is 0 Å². The first-order valence-corrected chi connectivity index (χ1v) is 8.03. The lowest BCUT2D eigenvalue weighted by Crippen LogP contribution is -2.14. The number of ether oxygens (including phenoxy) is 1. The average Bonchev–Trinajstić information content (AvgIpc) is 3.01. The van der Waals surface area contributed by atoms with Crippen molar-refractivity contribution in [3.05, 3.63) is 44.9 Å². The number of hydrogen-bond donors (Lipinski definition) is 1. The maximum atomic E-state index is 11.9. The van der Waals surface area contributed by atoms with Crippen LogP contribution in [0.3, 0.4) is 0 Å². The van der Waals surface area contributed by atoms with Crippen LogP contribution in [0.4, 0.5) is 11.5 Å². The summed E-state index contributed by atoms with van der Waals surface area (Å²) in [7, 11) is 1.19. The van der Waals surface area contributed by atoms with Crippen LogP contribution in [0.5, 0.6) is 0 Å². The summed E-state index contributed by atoms with van der Waals surface area (Å²) in [4.78, 5) is 26.9. The summed E-state index contributed by atoms with van der Waals surface area (Å²) in [6, 6.07) is 1.36. The van der Waals surface area contributed by atoms with Crippen LogP contribution in [0, 0.1) is 17.0 Å². The number of hydrogen-bond acceptors (Lipinski definition) is 7. The molecule has 25 heavy (non-hydrogen) atoms.